The predicted molar refractivity (Wildman–Crippen MR) is 49.7 cm³/mol. The number of rotatable bonds is 2. The van der Waals surface area contributed by atoms with Crippen LogP contribution in [0.3, 0.4) is 0 Å². The first-order valence-electron chi connectivity index (χ1n) is 4.82. The first kappa shape index (κ1) is 9.61. The third-order valence-corrected chi connectivity index (χ3v) is 2.44. The van der Waals surface area contributed by atoms with Crippen LogP contribution in [0.1, 0.15) is 37.9 Å². The van der Waals surface area contributed by atoms with Crippen molar-refractivity contribution in [3.63, 3.8) is 0 Å². The lowest BCUT2D eigenvalue weighted by molar-refractivity contribution is 0.166. The van der Waals surface area contributed by atoms with Gasteiger partial charge in [-0.2, -0.15) is 4.98 Å². The summed E-state index contributed by atoms with van der Waals surface area (Å²) >= 11 is 0. The summed E-state index contributed by atoms with van der Waals surface area (Å²) in [6, 6.07) is 0. The van der Waals surface area contributed by atoms with Crippen molar-refractivity contribution in [2.75, 3.05) is 13.2 Å². The Balaban J connectivity index is 2.23. The average Bonchev–Trinajstić information content (AvgIpc) is 2.71. The van der Waals surface area contributed by atoms with Gasteiger partial charge >= 0.3 is 0 Å². The topological polar surface area (TPSA) is 74.2 Å². The van der Waals surface area contributed by atoms with E-state index in [2.05, 4.69) is 10.1 Å². The van der Waals surface area contributed by atoms with E-state index >= 15 is 0 Å². The maximum atomic E-state index is 6.07. The van der Waals surface area contributed by atoms with Gasteiger partial charge in [0.05, 0.1) is 6.61 Å². The molecule has 1 aliphatic heterocycles. The van der Waals surface area contributed by atoms with E-state index in [0.717, 1.165) is 6.42 Å². The van der Waals surface area contributed by atoms with Gasteiger partial charge in [-0.25, -0.2) is 0 Å². The summed E-state index contributed by atoms with van der Waals surface area (Å²) in [5, 5.41) is 3.88. The maximum Gasteiger partial charge on any atom is 0.249 e. The van der Waals surface area contributed by atoms with Crippen LogP contribution >= 0.6 is 0 Å². The van der Waals surface area contributed by atoms with Crippen LogP contribution in [-0.4, -0.2) is 23.4 Å². The van der Waals surface area contributed by atoms with Crippen LogP contribution in [0.25, 0.3) is 0 Å². The van der Waals surface area contributed by atoms with Crippen molar-refractivity contribution in [1.29, 1.82) is 0 Å². The molecule has 5 nitrogen and oxygen atoms in total. The predicted octanol–water partition coefficient (Wildman–Crippen LogP) is 0.767. The molecule has 0 saturated carbocycles. The summed E-state index contributed by atoms with van der Waals surface area (Å²) < 4.78 is 10.4. The molecule has 0 amide bonds. The zero-order valence-electron chi connectivity index (χ0n) is 8.49. The van der Waals surface area contributed by atoms with Crippen molar-refractivity contribution in [2.45, 2.75) is 31.7 Å². The lowest BCUT2D eigenvalue weighted by atomic mass is 10.0. The van der Waals surface area contributed by atoms with Gasteiger partial charge in [-0.1, -0.05) is 19.0 Å². The van der Waals surface area contributed by atoms with E-state index in [9.17, 15) is 0 Å². The van der Waals surface area contributed by atoms with E-state index in [1.165, 1.54) is 0 Å². The Hall–Kier alpha value is -0.940. The molecule has 78 valence electrons. The van der Waals surface area contributed by atoms with Crippen LogP contribution in [0.5, 0.6) is 0 Å². The minimum absolute atomic E-state index is 0.262. The smallest absolute Gasteiger partial charge is 0.249 e. The molecule has 14 heavy (non-hydrogen) atoms. The molecule has 1 atom stereocenters. The van der Waals surface area contributed by atoms with Crippen molar-refractivity contribution in [3.8, 4) is 0 Å². The van der Waals surface area contributed by atoms with Gasteiger partial charge in [0.1, 0.15) is 5.54 Å². The highest BCUT2D eigenvalue weighted by atomic mass is 16.5. The molecule has 1 fully saturated rings. The van der Waals surface area contributed by atoms with Crippen LogP contribution in [0.2, 0.25) is 0 Å². The molecule has 0 aliphatic carbocycles. The van der Waals surface area contributed by atoms with E-state index in [-0.39, 0.29) is 5.92 Å². The first-order valence-corrected chi connectivity index (χ1v) is 4.82. The monoisotopic (exact) mass is 197 g/mol. The molecule has 0 aromatic carbocycles. The highest BCUT2D eigenvalue weighted by Gasteiger charge is 2.38. The lowest BCUT2D eigenvalue weighted by Gasteiger charge is -2.15. The van der Waals surface area contributed by atoms with Gasteiger partial charge in [0.25, 0.3) is 0 Å². The third-order valence-electron chi connectivity index (χ3n) is 2.44. The largest absolute Gasteiger partial charge is 0.379 e. The second-order valence-corrected chi connectivity index (χ2v) is 4.07. The Labute approximate surface area is 82.6 Å². The van der Waals surface area contributed by atoms with Gasteiger partial charge in [-0.3, -0.25) is 0 Å². The minimum Gasteiger partial charge on any atom is -0.379 e. The molecule has 1 unspecified atom stereocenters. The molecule has 2 rings (SSSR count). The number of aromatic nitrogens is 2. The van der Waals surface area contributed by atoms with E-state index < -0.39 is 5.54 Å². The van der Waals surface area contributed by atoms with Gasteiger partial charge in [0, 0.05) is 12.5 Å². The van der Waals surface area contributed by atoms with Crippen molar-refractivity contribution < 1.29 is 9.26 Å². The van der Waals surface area contributed by atoms with Crippen LogP contribution < -0.4 is 5.73 Å². The maximum absolute atomic E-state index is 6.07. The Kier molecular flexibility index (Phi) is 2.28. The zero-order chi connectivity index (χ0) is 10.2. The van der Waals surface area contributed by atoms with Crippen LogP contribution in [0.15, 0.2) is 4.52 Å². The van der Waals surface area contributed by atoms with Crippen molar-refractivity contribution in [2.24, 2.45) is 5.73 Å². The normalized spacial score (nSPS) is 27.4. The second kappa shape index (κ2) is 3.33. The standard InChI is InChI=1S/C9H15N3O2/c1-6(2)7-11-8(14-12-7)9(10)3-4-13-5-9/h6H,3-5,10H2,1-2H3. The fraction of sp³-hybridized carbons (Fsp3) is 0.778. The molecular weight excluding hydrogens is 182 g/mol. The Morgan fingerprint density at radius 1 is 1.50 bits per heavy atom. The van der Waals surface area contributed by atoms with Gasteiger partial charge < -0.3 is 15.0 Å². The highest BCUT2D eigenvalue weighted by Crippen LogP contribution is 2.26. The molecule has 0 bridgehead atoms. The quantitative estimate of drug-likeness (QED) is 0.757. The van der Waals surface area contributed by atoms with Crippen molar-refractivity contribution >= 4 is 0 Å². The molecular formula is C9H15N3O2. The lowest BCUT2D eigenvalue weighted by Crippen LogP contribution is -2.37. The van der Waals surface area contributed by atoms with Crippen LogP contribution in [0, 0.1) is 0 Å². The number of nitrogens with zero attached hydrogens (tertiary/aromatic N) is 2. The molecule has 5 heteroatoms. The fourth-order valence-electron chi connectivity index (χ4n) is 1.42. The van der Waals surface area contributed by atoms with Gasteiger partial charge in [-0.15, -0.1) is 0 Å². The van der Waals surface area contributed by atoms with Gasteiger partial charge in [0.15, 0.2) is 5.82 Å². The zero-order valence-corrected chi connectivity index (χ0v) is 8.49. The summed E-state index contributed by atoms with van der Waals surface area (Å²) in [5.74, 6) is 1.47. The molecule has 2 heterocycles. The number of ether oxygens (including phenoxy) is 1. The summed E-state index contributed by atoms with van der Waals surface area (Å²) in [4.78, 5) is 4.28. The Bertz CT molecular complexity index is 316. The Morgan fingerprint density at radius 3 is 2.79 bits per heavy atom. The number of hydrogen-bond donors (Lipinski definition) is 1. The highest BCUT2D eigenvalue weighted by molar-refractivity contribution is 5.05. The SMILES string of the molecule is CC(C)c1noc(C2(N)CCOC2)n1. The molecule has 1 aromatic rings. The summed E-state index contributed by atoms with van der Waals surface area (Å²) in [6.07, 6.45) is 0.743. The number of hydrogen-bond acceptors (Lipinski definition) is 5. The summed E-state index contributed by atoms with van der Waals surface area (Å²) in [6.45, 7) is 5.16. The Morgan fingerprint density at radius 2 is 2.29 bits per heavy atom. The third kappa shape index (κ3) is 1.53. The fourth-order valence-corrected chi connectivity index (χ4v) is 1.42. The van der Waals surface area contributed by atoms with Crippen molar-refractivity contribution in [1.82, 2.24) is 10.1 Å². The second-order valence-electron chi connectivity index (χ2n) is 4.07. The van der Waals surface area contributed by atoms with E-state index in [4.69, 9.17) is 15.0 Å². The molecule has 1 aromatic heterocycles. The number of nitrogens with two attached hydrogens (primary N) is 1. The summed E-state index contributed by atoms with van der Waals surface area (Å²) in [5.41, 5.74) is 5.50. The minimum atomic E-state index is -0.569. The molecule has 0 radical (unpaired) electrons. The average molecular weight is 197 g/mol. The van der Waals surface area contributed by atoms with Gasteiger partial charge in [0.2, 0.25) is 5.89 Å². The van der Waals surface area contributed by atoms with Crippen LogP contribution in [-0.2, 0) is 10.3 Å². The molecule has 0 spiro atoms. The van der Waals surface area contributed by atoms with E-state index in [1.807, 2.05) is 13.8 Å². The van der Waals surface area contributed by atoms with E-state index in [0.29, 0.717) is 24.9 Å². The van der Waals surface area contributed by atoms with E-state index in [1.54, 1.807) is 0 Å². The molecule has 2 N–H and O–H groups in total. The molecule has 1 saturated heterocycles. The first-order chi connectivity index (χ1) is 6.62. The molecule has 1 aliphatic rings. The van der Waals surface area contributed by atoms with Gasteiger partial charge in [-0.05, 0) is 6.42 Å². The van der Waals surface area contributed by atoms with Crippen molar-refractivity contribution in [3.05, 3.63) is 11.7 Å². The van der Waals surface area contributed by atoms with Crippen LogP contribution in [0.4, 0.5) is 0 Å². The summed E-state index contributed by atoms with van der Waals surface area (Å²) in [7, 11) is 0.